The van der Waals surface area contributed by atoms with E-state index < -0.39 is 21.3 Å². The maximum absolute atomic E-state index is 14.1. The first-order valence-corrected chi connectivity index (χ1v) is 27.3. The summed E-state index contributed by atoms with van der Waals surface area (Å²) >= 11 is 0. The molecule has 3 amide bonds. The number of aryl methyl sites for hydroxylation is 1. The van der Waals surface area contributed by atoms with Gasteiger partial charge in [0.25, 0.3) is 21.9 Å². The molecule has 0 saturated heterocycles. The summed E-state index contributed by atoms with van der Waals surface area (Å²) in [6.45, 7) is 3.66. The summed E-state index contributed by atoms with van der Waals surface area (Å²) in [7, 11) is 1.18. The molecule has 0 fully saturated rings. The number of carbonyl (C=O) groups excluding carboxylic acids is 4. The SMILES string of the molecule is CCC(=O)CCCSSCCC(C(=O)Nc1cc(COc2cc3c(cc2C)C(=O)N2c4ccccc4C[C@H]2C=N3)cc(COc2cc3c(cc2OC)C(=O)N2c4ccccc4C[C@H]2C=N3)c1)S(=O)(=O)OC. The predicted octanol–water partition coefficient (Wildman–Crippen LogP) is 9.55. The molecule has 71 heavy (non-hydrogen) atoms. The number of ketones is 1. The van der Waals surface area contributed by atoms with E-state index in [0.29, 0.717) is 100 Å². The summed E-state index contributed by atoms with van der Waals surface area (Å²) in [6, 6.07) is 27.3. The lowest BCUT2D eigenvalue weighted by molar-refractivity contribution is -0.119. The number of carbonyl (C=O) groups is 4. The minimum Gasteiger partial charge on any atom is -0.493 e. The Morgan fingerprint density at radius 3 is 1.90 bits per heavy atom. The van der Waals surface area contributed by atoms with Crippen molar-refractivity contribution in [3.8, 4) is 17.2 Å². The van der Waals surface area contributed by atoms with Crippen molar-refractivity contribution in [2.75, 3.05) is 40.8 Å². The number of anilines is 3. The number of Topliss-reactive ketones (excluding diaryl/α,β-unsaturated/α-hetero) is 1. The standard InChI is InChI=1S/C53H53N5O10S3/c1-5-40(59)13-10-17-69-70-18-16-50(71(63,64)66-4)51(60)56-37-21-33(30-67-47-26-43-41(19-32(47)2)52(61)57-38(28-54-43)23-35-11-6-8-14-45(35)57)20-34(22-37)31-68-49-27-44-42(25-48(49)65-3)53(62)58-39(29-55-44)24-36-12-7-9-15-46(36)58/h6-9,11-12,14-15,19-22,25-29,38-39,50H,5,10,13,16-18,23-24,30-31H2,1-4H3,(H,56,60)/t38-,39-,50?/m0/s1. The van der Waals surface area contributed by atoms with Crippen LogP contribution in [0.2, 0.25) is 0 Å². The van der Waals surface area contributed by atoms with Gasteiger partial charge in [-0.15, -0.1) is 0 Å². The molecule has 5 aromatic rings. The molecule has 4 aliphatic heterocycles. The third-order valence-electron chi connectivity index (χ3n) is 12.9. The lowest BCUT2D eigenvalue weighted by Crippen LogP contribution is -2.37. The van der Waals surface area contributed by atoms with Crippen molar-refractivity contribution in [2.45, 2.75) is 82.9 Å². The zero-order valence-corrected chi connectivity index (χ0v) is 42.2. The molecule has 0 radical (unpaired) electrons. The van der Waals surface area contributed by atoms with E-state index in [1.165, 1.54) is 28.7 Å². The number of hydrogen-bond acceptors (Lipinski definition) is 14. The number of rotatable bonds is 20. The summed E-state index contributed by atoms with van der Waals surface area (Å²) < 4.78 is 49.9. The van der Waals surface area contributed by atoms with Gasteiger partial charge in [-0.1, -0.05) is 64.9 Å². The Kier molecular flexibility index (Phi) is 15.0. The minimum absolute atomic E-state index is 0.00737. The van der Waals surface area contributed by atoms with Crippen molar-refractivity contribution < 1.29 is 46.0 Å². The lowest BCUT2D eigenvalue weighted by atomic mass is 10.1. The second-order valence-electron chi connectivity index (χ2n) is 17.5. The van der Waals surface area contributed by atoms with Gasteiger partial charge in [0.1, 0.15) is 24.7 Å². The van der Waals surface area contributed by atoms with Crippen LogP contribution in [-0.2, 0) is 49.9 Å². The molecule has 5 aromatic carbocycles. The highest BCUT2D eigenvalue weighted by atomic mass is 33.1. The average Bonchev–Trinajstić information content (AvgIpc) is 3.86. The first kappa shape index (κ1) is 49.5. The summed E-state index contributed by atoms with van der Waals surface area (Å²) in [5.74, 6) is 1.26. The molecule has 15 nitrogen and oxygen atoms in total. The summed E-state index contributed by atoms with van der Waals surface area (Å²) in [5, 5.41) is 1.30. The molecule has 1 unspecified atom stereocenters. The van der Waals surface area contributed by atoms with Crippen LogP contribution in [0.5, 0.6) is 17.2 Å². The molecule has 4 heterocycles. The topological polar surface area (TPSA) is 183 Å². The second kappa shape index (κ2) is 21.5. The van der Waals surface area contributed by atoms with Gasteiger partial charge in [-0.2, -0.15) is 8.42 Å². The number of methoxy groups -OCH3 is 1. The van der Waals surface area contributed by atoms with Crippen LogP contribution in [0.1, 0.15) is 81.1 Å². The minimum atomic E-state index is -4.30. The molecule has 9 rings (SSSR count). The largest absolute Gasteiger partial charge is 0.493 e. The Labute approximate surface area is 420 Å². The molecule has 0 saturated carbocycles. The zero-order valence-electron chi connectivity index (χ0n) is 39.7. The maximum Gasteiger partial charge on any atom is 0.279 e. The van der Waals surface area contributed by atoms with Crippen LogP contribution >= 0.6 is 21.6 Å². The first-order valence-electron chi connectivity index (χ1n) is 23.4. The van der Waals surface area contributed by atoms with Gasteiger partial charge in [-0.3, -0.25) is 43.1 Å². The highest BCUT2D eigenvalue weighted by Crippen LogP contribution is 2.42. The monoisotopic (exact) mass is 1020 g/mol. The van der Waals surface area contributed by atoms with Crippen LogP contribution in [0, 0.1) is 6.92 Å². The van der Waals surface area contributed by atoms with E-state index in [9.17, 15) is 27.6 Å². The summed E-state index contributed by atoms with van der Waals surface area (Å²) in [5.41, 5.74) is 7.81. The van der Waals surface area contributed by atoms with E-state index in [4.69, 9.17) is 28.4 Å². The molecule has 0 spiro atoms. The third kappa shape index (κ3) is 10.6. The van der Waals surface area contributed by atoms with Gasteiger partial charge >= 0.3 is 0 Å². The Balaban J connectivity index is 0.963. The highest BCUT2D eigenvalue weighted by Gasteiger charge is 2.38. The van der Waals surface area contributed by atoms with Gasteiger partial charge in [0.15, 0.2) is 16.7 Å². The highest BCUT2D eigenvalue weighted by molar-refractivity contribution is 8.76. The van der Waals surface area contributed by atoms with Crippen LogP contribution in [0.25, 0.3) is 0 Å². The Bertz CT molecular complexity index is 3090. The summed E-state index contributed by atoms with van der Waals surface area (Å²) in [6.07, 6.45) is 6.58. The van der Waals surface area contributed by atoms with Crippen molar-refractivity contribution in [2.24, 2.45) is 9.98 Å². The molecule has 4 aliphatic rings. The van der Waals surface area contributed by atoms with E-state index in [0.717, 1.165) is 29.6 Å². The van der Waals surface area contributed by atoms with Gasteiger partial charge in [-0.05, 0) is 90.0 Å². The van der Waals surface area contributed by atoms with Gasteiger partial charge in [0, 0.05) is 78.8 Å². The number of aliphatic imine (C=N–C) groups is 2. The number of para-hydroxylation sites is 2. The fourth-order valence-corrected chi connectivity index (χ4v) is 12.5. The van der Waals surface area contributed by atoms with E-state index in [1.807, 2.05) is 68.4 Å². The quantitative estimate of drug-likeness (QED) is 0.0444. The number of benzene rings is 5. The Morgan fingerprint density at radius 2 is 1.31 bits per heavy atom. The number of ether oxygens (including phenoxy) is 3. The van der Waals surface area contributed by atoms with Crippen molar-refractivity contribution in [3.05, 3.63) is 130 Å². The predicted molar refractivity (Wildman–Crippen MR) is 279 cm³/mol. The average molecular weight is 1020 g/mol. The maximum atomic E-state index is 14.1. The molecule has 0 aliphatic carbocycles. The van der Waals surface area contributed by atoms with Crippen molar-refractivity contribution in [1.82, 2.24) is 0 Å². The van der Waals surface area contributed by atoms with Gasteiger partial charge in [0.2, 0.25) is 5.91 Å². The van der Waals surface area contributed by atoms with Crippen LogP contribution in [0.15, 0.2) is 101 Å². The van der Waals surface area contributed by atoms with Gasteiger partial charge in [-0.25, -0.2) is 0 Å². The molecule has 1 N–H and O–H groups in total. The van der Waals surface area contributed by atoms with E-state index in [1.54, 1.807) is 58.6 Å². The third-order valence-corrected chi connectivity index (χ3v) is 17.0. The van der Waals surface area contributed by atoms with Crippen molar-refractivity contribution in [1.29, 1.82) is 0 Å². The molecule has 18 heteroatoms. The normalized spacial score (nSPS) is 16.7. The first-order chi connectivity index (χ1) is 34.3. The molecule has 3 atom stereocenters. The Hall–Kier alpha value is -6.47. The van der Waals surface area contributed by atoms with Crippen LogP contribution in [0.3, 0.4) is 0 Å². The Morgan fingerprint density at radius 1 is 0.746 bits per heavy atom. The summed E-state index contributed by atoms with van der Waals surface area (Å²) in [4.78, 5) is 66.8. The van der Waals surface area contributed by atoms with Crippen molar-refractivity contribution in [3.63, 3.8) is 0 Å². The van der Waals surface area contributed by atoms with E-state index in [-0.39, 0.29) is 55.0 Å². The number of amides is 3. The number of nitrogens with zero attached hydrogens (tertiary/aromatic N) is 4. The lowest BCUT2D eigenvalue weighted by Gasteiger charge is -2.22. The fourth-order valence-electron chi connectivity index (χ4n) is 9.24. The molecule has 0 bridgehead atoms. The van der Waals surface area contributed by atoms with E-state index in [2.05, 4.69) is 5.32 Å². The van der Waals surface area contributed by atoms with Crippen molar-refractivity contribution >= 4 is 96.1 Å². The fraction of sp³-hybridized carbons (Fsp3) is 0.321. The molecular formula is C53H53N5O10S3. The van der Waals surface area contributed by atoms with Crippen LogP contribution in [-0.4, -0.2) is 87.4 Å². The number of hydrogen-bond donors (Lipinski definition) is 1. The molecular weight excluding hydrogens is 963 g/mol. The van der Waals surface area contributed by atoms with Crippen LogP contribution < -0.4 is 29.3 Å². The second-order valence-corrected chi connectivity index (χ2v) is 22.1. The van der Waals surface area contributed by atoms with Gasteiger partial charge in [0.05, 0.1) is 48.8 Å². The van der Waals surface area contributed by atoms with Crippen LogP contribution in [0.4, 0.5) is 28.4 Å². The zero-order chi connectivity index (χ0) is 49.8. The number of nitrogens with one attached hydrogen (secondary N) is 1. The molecule has 0 aromatic heterocycles. The molecule has 368 valence electrons. The van der Waals surface area contributed by atoms with E-state index >= 15 is 0 Å². The van der Waals surface area contributed by atoms with Gasteiger partial charge < -0.3 is 19.5 Å². The smallest absolute Gasteiger partial charge is 0.279 e. The number of fused-ring (bicyclic) bond motifs is 8.